The molecule has 0 atom stereocenters. The Balaban J connectivity index is 1.51. The van der Waals surface area contributed by atoms with Crippen molar-refractivity contribution >= 4 is 11.6 Å². The van der Waals surface area contributed by atoms with Crippen LogP contribution in [0.4, 0.5) is 5.69 Å². The van der Waals surface area contributed by atoms with Gasteiger partial charge in [-0.15, -0.1) is 0 Å². The highest BCUT2D eigenvalue weighted by Crippen LogP contribution is 2.40. The number of aromatic amines is 1. The minimum atomic E-state index is -0.702. The van der Waals surface area contributed by atoms with Gasteiger partial charge in [0.2, 0.25) is 5.79 Å². The number of carbonyl (C=O) groups excluding carboxylic acids is 1. The van der Waals surface area contributed by atoms with Gasteiger partial charge in [-0.05, 0) is 30.3 Å². The van der Waals surface area contributed by atoms with Gasteiger partial charge in [0.25, 0.3) is 5.91 Å². The first-order valence-corrected chi connectivity index (χ1v) is 7.80. The molecule has 25 heavy (non-hydrogen) atoms. The van der Waals surface area contributed by atoms with Crippen LogP contribution in [0.2, 0.25) is 0 Å². The average Bonchev–Trinajstić information content (AvgIpc) is 3.18. The number of benzene rings is 1. The van der Waals surface area contributed by atoms with Crippen molar-refractivity contribution in [3.63, 3.8) is 0 Å². The second-order valence-corrected chi connectivity index (χ2v) is 6.10. The van der Waals surface area contributed by atoms with Gasteiger partial charge in [0.15, 0.2) is 11.5 Å². The minimum Gasteiger partial charge on any atom is -0.449 e. The average molecular weight is 336 g/mol. The van der Waals surface area contributed by atoms with Gasteiger partial charge in [-0.1, -0.05) is 6.07 Å². The molecular formula is C18H16N4O3. The van der Waals surface area contributed by atoms with Crippen LogP contribution in [0.15, 0.2) is 48.7 Å². The standard InChI is InChI=1S/C18H16N4O3/c1-18(2)24-15-7-6-11(9-16(15)25-18)20-17(23)14-10-13(21-22-14)12-5-3-4-8-19-12/h3-10H,1-2H3,(H,20,23)(H,21,22). The van der Waals surface area contributed by atoms with Crippen molar-refractivity contribution in [2.45, 2.75) is 19.6 Å². The van der Waals surface area contributed by atoms with Gasteiger partial charge in [0, 0.05) is 31.8 Å². The van der Waals surface area contributed by atoms with Crippen LogP contribution in [0, 0.1) is 0 Å². The minimum absolute atomic E-state index is 0.298. The molecule has 0 radical (unpaired) electrons. The second-order valence-electron chi connectivity index (χ2n) is 6.10. The van der Waals surface area contributed by atoms with E-state index in [1.54, 1.807) is 30.5 Å². The van der Waals surface area contributed by atoms with Gasteiger partial charge in [0.05, 0.1) is 5.69 Å². The normalized spacial score (nSPS) is 14.3. The number of pyridine rings is 1. The topological polar surface area (TPSA) is 89.1 Å². The predicted molar refractivity (Wildman–Crippen MR) is 91.5 cm³/mol. The molecule has 1 aromatic carbocycles. The summed E-state index contributed by atoms with van der Waals surface area (Å²) >= 11 is 0. The molecule has 1 amide bonds. The first-order chi connectivity index (χ1) is 12.0. The number of nitrogens with one attached hydrogen (secondary N) is 2. The van der Waals surface area contributed by atoms with E-state index in [9.17, 15) is 4.79 Å². The lowest BCUT2D eigenvalue weighted by molar-refractivity contribution is -0.0431. The number of ether oxygens (including phenoxy) is 2. The van der Waals surface area contributed by atoms with Gasteiger partial charge in [-0.2, -0.15) is 5.10 Å². The summed E-state index contributed by atoms with van der Waals surface area (Å²) in [6.45, 7) is 3.66. The van der Waals surface area contributed by atoms with E-state index < -0.39 is 5.79 Å². The summed E-state index contributed by atoms with van der Waals surface area (Å²) in [6.07, 6.45) is 1.68. The number of aromatic nitrogens is 3. The van der Waals surface area contributed by atoms with Crippen molar-refractivity contribution in [2.75, 3.05) is 5.32 Å². The summed E-state index contributed by atoms with van der Waals surface area (Å²) in [5.74, 6) is 0.253. The van der Waals surface area contributed by atoms with Gasteiger partial charge >= 0.3 is 0 Å². The van der Waals surface area contributed by atoms with Gasteiger partial charge in [0.1, 0.15) is 11.4 Å². The van der Waals surface area contributed by atoms with Crippen LogP contribution in [0.3, 0.4) is 0 Å². The quantitative estimate of drug-likeness (QED) is 0.766. The third-order valence-electron chi connectivity index (χ3n) is 3.66. The van der Waals surface area contributed by atoms with Crippen LogP contribution in [0.1, 0.15) is 24.3 Å². The van der Waals surface area contributed by atoms with Crippen molar-refractivity contribution < 1.29 is 14.3 Å². The molecule has 7 heteroatoms. The zero-order chi connectivity index (χ0) is 17.4. The Labute approximate surface area is 144 Å². The van der Waals surface area contributed by atoms with Crippen LogP contribution in [0.5, 0.6) is 11.5 Å². The number of hydrogen-bond acceptors (Lipinski definition) is 5. The van der Waals surface area contributed by atoms with Crippen LogP contribution < -0.4 is 14.8 Å². The lowest BCUT2D eigenvalue weighted by Crippen LogP contribution is -2.29. The fraction of sp³-hybridized carbons (Fsp3) is 0.167. The monoisotopic (exact) mass is 336 g/mol. The van der Waals surface area contributed by atoms with Crippen molar-refractivity contribution in [3.05, 3.63) is 54.4 Å². The van der Waals surface area contributed by atoms with Crippen LogP contribution in [-0.4, -0.2) is 26.9 Å². The molecule has 126 valence electrons. The van der Waals surface area contributed by atoms with Crippen molar-refractivity contribution in [2.24, 2.45) is 0 Å². The second kappa shape index (κ2) is 5.62. The van der Waals surface area contributed by atoms with Gasteiger partial charge < -0.3 is 14.8 Å². The molecule has 0 saturated heterocycles. The lowest BCUT2D eigenvalue weighted by atomic mass is 10.2. The summed E-state index contributed by atoms with van der Waals surface area (Å²) in [5.41, 5.74) is 2.26. The molecule has 0 bridgehead atoms. The Morgan fingerprint density at radius 2 is 1.92 bits per heavy atom. The fourth-order valence-corrected chi connectivity index (χ4v) is 2.58. The SMILES string of the molecule is CC1(C)Oc2ccc(NC(=O)c3cc(-c4ccccn4)n[nH]3)cc2O1. The molecule has 7 nitrogen and oxygen atoms in total. The molecule has 2 N–H and O–H groups in total. The molecule has 0 fully saturated rings. The van der Waals surface area contributed by atoms with E-state index in [-0.39, 0.29) is 5.91 Å². The van der Waals surface area contributed by atoms with E-state index in [0.717, 1.165) is 0 Å². The number of H-pyrrole nitrogens is 1. The van der Waals surface area contributed by atoms with Gasteiger partial charge in [-0.25, -0.2) is 0 Å². The van der Waals surface area contributed by atoms with Gasteiger partial charge in [-0.3, -0.25) is 14.9 Å². The van der Waals surface area contributed by atoms with E-state index in [1.807, 2.05) is 32.0 Å². The third-order valence-corrected chi connectivity index (χ3v) is 3.66. The molecule has 0 aliphatic carbocycles. The number of amides is 1. The fourth-order valence-electron chi connectivity index (χ4n) is 2.58. The number of nitrogens with zero attached hydrogens (tertiary/aromatic N) is 2. The maximum atomic E-state index is 12.4. The molecule has 3 aromatic rings. The number of fused-ring (bicyclic) bond motifs is 1. The maximum absolute atomic E-state index is 12.4. The molecule has 1 aliphatic heterocycles. The van der Waals surface area contributed by atoms with E-state index in [1.165, 1.54) is 0 Å². The summed E-state index contributed by atoms with van der Waals surface area (Å²) in [7, 11) is 0. The highest BCUT2D eigenvalue weighted by Gasteiger charge is 2.31. The Bertz CT molecular complexity index is 935. The first kappa shape index (κ1) is 15.2. The summed E-state index contributed by atoms with van der Waals surface area (Å²) < 4.78 is 11.3. The van der Waals surface area contributed by atoms with Crippen molar-refractivity contribution in [3.8, 4) is 22.9 Å². The molecule has 0 saturated carbocycles. The molecule has 3 heterocycles. The summed E-state index contributed by atoms with van der Waals surface area (Å²) in [6, 6.07) is 12.4. The highest BCUT2D eigenvalue weighted by molar-refractivity contribution is 6.03. The Hall–Kier alpha value is -3.35. The van der Waals surface area contributed by atoms with Crippen molar-refractivity contribution in [1.29, 1.82) is 0 Å². The van der Waals surface area contributed by atoms with E-state index in [0.29, 0.717) is 34.3 Å². The zero-order valence-electron chi connectivity index (χ0n) is 13.7. The van der Waals surface area contributed by atoms with E-state index in [2.05, 4.69) is 20.5 Å². The number of anilines is 1. The highest BCUT2D eigenvalue weighted by atomic mass is 16.7. The van der Waals surface area contributed by atoms with E-state index in [4.69, 9.17) is 9.47 Å². The largest absolute Gasteiger partial charge is 0.449 e. The maximum Gasteiger partial charge on any atom is 0.273 e. The third kappa shape index (κ3) is 3.03. The number of hydrogen-bond donors (Lipinski definition) is 2. The summed E-state index contributed by atoms with van der Waals surface area (Å²) in [4.78, 5) is 16.6. The molecule has 0 spiro atoms. The smallest absolute Gasteiger partial charge is 0.273 e. The Morgan fingerprint density at radius 1 is 1.08 bits per heavy atom. The molecule has 4 rings (SSSR count). The lowest BCUT2D eigenvalue weighted by Gasteiger charge is -2.16. The van der Waals surface area contributed by atoms with E-state index >= 15 is 0 Å². The first-order valence-electron chi connectivity index (χ1n) is 7.80. The number of carbonyl (C=O) groups is 1. The van der Waals surface area contributed by atoms with Crippen LogP contribution in [0.25, 0.3) is 11.4 Å². The van der Waals surface area contributed by atoms with Crippen molar-refractivity contribution in [1.82, 2.24) is 15.2 Å². The van der Waals surface area contributed by atoms with Crippen LogP contribution >= 0.6 is 0 Å². The predicted octanol–water partition coefficient (Wildman–Crippen LogP) is 3.23. The summed E-state index contributed by atoms with van der Waals surface area (Å²) in [5, 5.41) is 9.68. The zero-order valence-corrected chi connectivity index (χ0v) is 13.7. The molecule has 2 aromatic heterocycles. The van der Waals surface area contributed by atoms with Crippen LogP contribution in [-0.2, 0) is 0 Å². The molecular weight excluding hydrogens is 320 g/mol. The molecule has 0 unspecified atom stereocenters. The Morgan fingerprint density at radius 3 is 2.72 bits per heavy atom. The molecule has 1 aliphatic rings. The Kier molecular flexibility index (Phi) is 3.42. The number of rotatable bonds is 3.